The first-order valence-electron chi connectivity index (χ1n) is 10.1. The van der Waals surface area contributed by atoms with E-state index in [0.717, 1.165) is 31.2 Å². The van der Waals surface area contributed by atoms with Crippen LogP contribution in [-0.4, -0.2) is 25.1 Å². The van der Waals surface area contributed by atoms with Crippen molar-refractivity contribution in [2.45, 2.75) is 31.6 Å². The van der Waals surface area contributed by atoms with E-state index in [1.807, 2.05) is 6.07 Å². The lowest BCUT2D eigenvalue weighted by Gasteiger charge is -2.21. The van der Waals surface area contributed by atoms with Gasteiger partial charge < -0.3 is 9.64 Å². The van der Waals surface area contributed by atoms with Crippen LogP contribution < -0.4 is 4.90 Å². The number of pyridine rings is 1. The van der Waals surface area contributed by atoms with Crippen molar-refractivity contribution < 1.29 is 9.53 Å². The average Bonchev–Trinajstić information content (AvgIpc) is 3.19. The SMILES string of the molecule is COC(=O)c1ccncc1CC[C@@H]1CCc2cc(N(C)c3ccccc3)ccc21. The summed E-state index contributed by atoms with van der Waals surface area (Å²) in [4.78, 5) is 18.4. The maximum Gasteiger partial charge on any atom is 0.338 e. The number of benzene rings is 2. The molecule has 4 rings (SSSR count). The third kappa shape index (κ3) is 4.02. The summed E-state index contributed by atoms with van der Waals surface area (Å²) >= 11 is 0. The highest BCUT2D eigenvalue weighted by Crippen LogP contribution is 2.39. The van der Waals surface area contributed by atoms with Gasteiger partial charge in [0.15, 0.2) is 0 Å². The van der Waals surface area contributed by atoms with Crippen molar-refractivity contribution in [2.75, 3.05) is 19.1 Å². The zero-order valence-corrected chi connectivity index (χ0v) is 17.0. The van der Waals surface area contributed by atoms with E-state index in [0.29, 0.717) is 11.5 Å². The molecule has 0 amide bonds. The summed E-state index contributed by atoms with van der Waals surface area (Å²) in [6.07, 6.45) is 7.53. The molecular formula is C25H26N2O2. The van der Waals surface area contributed by atoms with E-state index in [2.05, 4.69) is 59.4 Å². The first-order chi connectivity index (χ1) is 14.2. The van der Waals surface area contributed by atoms with Gasteiger partial charge in [0, 0.05) is 30.8 Å². The average molecular weight is 386 g/mol. The van der Waals surface area contributed by atoms with Crippen LogP contribution >= 0.6 is 0 Å². The zero-order valence-electron chi connectivity index (χ0n) is 17.0. The Morgan fingerprint density at radius 3 is 2.76 bits per heavy atom. The Balaban J connectivity index is 1.48. The van der Waals surface area contributed by atoms with E-state index in [1.165, 1.54) is 29.6 Å². The van der Waals surface area contributed by atoms with E-state index in [9.17, 15) is 4.79 Å². The number of esters is 1. The molecule has 0 radical (unpaired) electrons. The number of ether oxygens (including phenoxy) is 1. The van der Waals surface area contributed by atoms with Gasteiger partial charge in [-0.15, -0.1) is 0 Å². The molecule has 1 aliphatic carbocycles. The molecule has 4 nitrogen and oxygen atoms in total. The van der Waals surface area contributed by atoms with Crippen LogP contribution in [-0.2, 0) is 17.6 Å². The third-order valence-electron chi connectivity index (χ3n) is 5.93. The molecule has 0 saturated carbocycles. The van der Waals surface area contributed by atoms with Gasteiger partial charge in [0.2, 0.25) is 0 Å². The molecule has 1 atom stereocenters. The van der Waals surface area contributed by atoms with Gasteiger partial charge in [-0.25, -0.2) is 4.79 Å². The Morgan fingerprint density at radius 2 is 1.97 bits per heavy atom. The van der Waals surface area contributed by atoms with Gasteiger partial charge in [-0.2, -0.15) is 0 Å². The number of anilines is 2. The number of fused-ring (bicyclic) bond motifs is 1. The van der Waals surface area contributed by atoms with Crippen LogP contribution in [0.3, 0.4) is 0 Å². The van der Waals surface area contributed by atoms with Crippen LogP contribution in [0.2, 0.25) is 0 Å². The van der Waals surface area contributed by atoms with E-state index >= 15 is 0 Å². The van der Waals surface area contributed by atoms with E-state index in [4.69, 9.17) is 4.74 Å². The summed E-state index contributed by atoms with van der Waals surface area (Å²) in [5.41, 5.74) is 6.88. The fourth-order valence-corrected chi connectivity index (χ4v) is 4.27. The van der Waals surface area contributed by atoms with E-state index < -0.39 is 0 Å². The number of carbonyl (C=O) groups excluding carboxylic acids is 1. The Morgan fingerprint density at radius 1 is 1.14 bits per heavy atom. The minimum Gasteiger partial charge on any atom is -0.465 e. The van der Waals surface area contributed by atoms with E-state index in [-0.39, 0.29) is 5.97 Å². The number of hydrogen-bond acceptors (Lipinski definition) is 4. The highest BCUT2D eigenvalue weighted by molar-refractivity contribution is 5.90. The second kappa shape index (κ2) is 8.48. The summed E-state index contributed by atoms with van der Waals surface area (Å²) in [5.74, 6) is 0.231. The van der Waals surface area contributed by atoms with Crippen LogP contribution in [0.1, 0.15) is 45.8 Å². The molecule has 0 fully saturated rings. The van der Waals surface area contributed by atoms with Gasteiger partial charge in [0.1, 0.15) is 0 Å². The Hall–Kier alpha value is -3.14. The van der Waals surface area contributed by atoms with Crippen molar-refractivity contribution >= 4 is 17.3 Å². The van der Waals surface area contributed by atoms with Crippen molar-refractivity contribution in [3.63, 3.8) is 0 Å². The lowest BCUT2D eigenvalue weighted by Crippen LogP contribution is -2.09. The molecule has 0 bridgehead atoms. The predicted octanol–water partition coefficient (Wildman–Crippen LogP) is 5.30. The highest BCUT2D eigenvalue weighted by Gasteiger charge is 2.24. The molecule has 29 heavy (non-hydrogen) atoms. The van der Waals surface area contributed by atoms with Crippen molar-refractivity contribution in [3.8, 4) is 0 Å². The Bertz CT molecular complexity index is 1000. The lowest BCUT2D eigenvalue weighted by atomic mass is 9.93. The molecule has 0 unspecified atom stereocenters. The largest absolute Gasteiger partial charge is 0.465 e. The van der Waals surface area contributed by atoms with Gasteiger partial charge in [0.05, 0.1) is 12.7 Å². The van der Waals surface area contributed by atoms with Crippen molar-refractivity contribution in [2.24, 2.45) is 0 Å². The van der Waals surface area contributed by atoms with Crippen LogP contribution in [0, 0.1) is 0 Å². The van der Waals surface area contributed by atoms with Gasteiger partial charge in [0.25, 0.3) is 0 Å². The number of nitrogens with zero attached hydrogens (tertiary/aromatic N) is 2. The molecule has 0 N–H and O–H groups in total. The molecule has 0 aliphatic heterocycles. The number of methoxy groups -OCH3 is 1. The summed E-state index contributed by atoms with van der Waals surface area (Å²) in [6.45, 7) is 0. The van der Waals surface area contributed by atoms with Gasteiger partial charge in [-0.3, -0.25) is 4.98 Å². The summed E-state index contributed by atoms with van der Waals surface area (Å²) in [7, 11) is 3.53. The van der Waals surface area contributed by atoms with Crippen molar-refractivity contribution in [3.05, 3.63) is 89.2 Å². The molecule has 2 aromatic carbocycles. The van der Waals surface area contributed by atoms with Crippen LogP contribution in [0.15, 0.2) is 67.0 Å². The number of para-hydroxylation sites is 1. The van der Waals surface area contributed by atoms with Crippen LogP contribution in [0.25, 0.3) is 0 Å². The molecule has 0 spiro atoms. The number of carbonyl (C=O) groups is 1. The number of aromatic nitrogens is 1. The molecule has 1 aromatic heterocycles. The number of aryl methyl sites for hydroxylation is 2. The quantitative estimate of drug-likeness (QED) is 0.539. The number of hydrogen-bond donors (Lipinski definition) is 0. The topological polar surface area (TPSA) is 42.4 Å². The first-order valence-corrected chi connectivity index (χ1v) is 10.1. The fraction of sp³-hybridized carbons (Fsp3) is 0.280. The van der Waals surface area contributed by atoms with Gasteiger partial charge in [-0.05, 0) is 78.6 Å². The fourth-order valence-electron chi connectivity index (χ4n) is 4.27. The normalized spacial score (nSPS) is 15.0. The molecule has 148 valence electrons. The molecule has 0 saturated heterocycles. The second-order valence-electron chi connectivity index (χ2n) is 7.58. The Kier molecular flexibility index (Phi) is 5.61. The predicted molar refractivity (Wildman–Crippen MR) is 116 cm³/mol. The molecule has 1 heterocycles. The van der Waals surface area contributed by atoms with Gasteiger partial charge in [-0.1, -0.05) is 24.3 Å². The zero-order chi connectivity index (χ0) is 20.2. The monoisotopic (exact) mass is 386 g/mol. The first kappa shape index (κ1) is 19.2. The summed E-state index contributed by atoms with van der Waals surface area (Å²) in [6, 6.07) is 19.0. The second-order valence-corrected chi connectivity index (χ2v) is 7.58. The maximum atomic E-state index is 12.0. The summed E-state index contributed by atoms with van der Waals surface area (Å²) in [5, 5.41) is 0. The Labute approximate surface area is 172 Å². The molecular weight excluding hydrogens is 360 g/mol. The van der Waals surface area contributed by atoms with Crippen LogP contribution in [0.5, 0.6) is 0 Å². The lowest BCUT2D eigenvalue weighted by molar-refractivity contribution is 0.0599. The van der Waals surface area contributed by atoms with Crippen molar-refractivity contribution in [1.82, 2.24) is 4.98 Å². The molecule has 3 aromatic rings. The highest BCUT2D eigenvalue weighted by atomic mass is 16.5. The smallest absolute Gasteiger partial charge is 0.338 e. The minimum absolute atomic E-state index is 0.289. The van der Waals surface area contributed by atoms with E-state index in [1.54, 1.807) is 18.5 Å². The summed E-state index contributed by atoms with van der Waals surface area (Å²) < 4.78 is 4.91. The third-order valence-corrected chi connectivity index (χ3v) is 5.93. The van der Waals surface area contributed by atoms with Gasteiger partial charge >= 0.3 is 5.97 Å². The number of rotatable bonds is 6. The molecule has 4 heteroatoms. The van der Waals surface area contributed by atoms with Crippen molar-refractivity contribution in [1.29, 1.82) is 0 Å². The maximum absolute atomic E-state index is 12.0. The van der Waals surface area contributed by atoms with Crippen LogP contribution in [0.4, 0.5) is 11.4 Å². The standard InChI is InChI=1S/C25H26N2O2/c1-27(21-6-4-3-5-7-21)22-12-13-23-18(8-10-19(23)16-22)9-11-20-17-26-15-14-24(20)25(28)29-2/h3-7,12-18H,8-11H2,1-2H3/t18-/m0/s1. The molecule has 1 aliphatic rings. The minimum atomic E-state index is -0.289.